The maximum atomic E-state index is 11.4. The number of nitrogens with one attached hydrogen (secondary N) is 2. The Morgan fingerprint density at radius 3 is 1.60 bits per heavy atom. The zero-order valence-corrected chi connectivity index (χ0v) is 11.2. The quantitative estimate of drug-likeness (QED) is 0.417. The van der Waals surface area contributed by atoms with Gasteiger partial charge in [-0.05, 0) is 12.1 Å². The number of nitrogens with zero attached hydrogens (tertiary/aromatic N) is 2. The van der Waals surface area contributed by atoms with Gasteiger partial charge in [0.25, 0.3) is 0 Å². The van der Waals surface area contributed by atoms with Crippen molar-refractivity contribution in [3.05, 3.63) is 70.6 Å². The molecule has 0 atom stereocenters. The van der Waals surface area contributed by atoms with Gasteiger partial charge in [-0.15, -0.1) is 0 Å². The fraction of sp³-hybridized carbons (Fsp3) is 0.286. The summed E-state index contributed by atoms with van der Waals surface area (Å²) in [6, 6.07) is 10.7. The van der Waals surface area contributed by atoms with Crippen molar-refractivity contribution in [3.63, 3.8) is 0 Å². The highest BCUT2D eigenvalue weighted by molar-refractivity contribution is 4.98. The monoisotopic (exact) mass is 274 g/mol. The van der Waals surface area contributed by atoms with Crippen LogP contribution in [0.2, 0.25) is 0 Å². The molecule has 6 heteroatoms. The van der Waals surface area contributed by atoms with Crippen LogP contribution in [0.25, 0.3) is 0 Å². The van der Waals surface area contributed by atoms with E-state index in [9.17, 15) is 10.4 Å². The zero-order chi connectivity index (χ0) is 14.2. The summed E-state index contributed by atoms with van der Waals surface area (Å²) in [4.78, 5) is 0. The Bertz CT molecular complexity index is 499. The molecule has 0 fully saturated rings. The standard InChI is InChI=1S/C14H18N4O2/c19-17-9-3-1-5-13(17)11-15-7-8-16-12-14-6-2-4-10-18(14)20/h1-6,9-10,15-16H,7-8,11-12H2. The zero-order valence-electron chi connectivity index (χ0n) is 11.2. The number of pyridine rings is 2. The highest BCUT2D eigenvalue weighted by Crippen LogP contribution is 1.90. The SMILES string of the molecule is [O-][n+]1ccccc1CNCCNCc1cccc[n+]1[O-]. The second kappa shape index (κ2) is 7.42. The molecule has 0 aromatic carbocycles. The minimum absolute atomic E-state index is 0.527. The number of aromatic nitrogens is 2. The molecule has 0 radical (unpaired) electrons. The Kier molecular flexibility index (Phi) is 5.28. The normalized spacial score (nSPS) is 10.6. The van der Waals surface area contributed by atoms with Gasteiger partial charge >= 0.3 is 0 Å². The third kappa shape index (κ3) is 4.18. The van der Waals surface area contributed by atoms with Crippen LogP contribution in [0, 0.1) is 10.4 Å². The van der Waals surface area contributed by atoms with E-state index in [1.54, 1.807) is 24.3 Å². The lowest BCUT2D eigenvalue weighted by atomic mass is 10.3. The van der Waals surface area contributed by atoms with Gasteiger partial charge in [-0.2, -0.15) is 9.46 Å². The van der Waals surface area contributed by atoms with Gasteiger partial charge in [0.2, 0.25) is 11.4 Å². The second-order valence-corrected chi connectivity index (χ2v) is 4.39. The third-order valence-corrected chi connectivity index (χ3v) is 2.90. The Morgan fingerprint density at radius 1 is 0.750 bits per heavy atom. The van der Waals surface area contributed by atoms with Crippen molar-refractivity contribution >= 4 is 0 Å². The molecule has 0 amide bonds. The summed E-state index contributed by atoms with van der Waals surface area (Å²) in [5.74, 6) is 0. The van der Waals surface area contributed by atoms with Crippen LogP contribution in [0.5, 0.6) is 0 Å². The van der Waals surface area contributed by atoms with E-state index in [0.29, 0.717) is 24.5 Å². The minimum Gasteiger partial charge on any atom is -0.618 e. The van der Waals surface area contributed by atoms with Crippen LogP contribution in [-0.4, -0.2) is 13.1 Å². The fourth-order valence-corrected chi connectivity index (χ4v) is 1.81. The van der Waals surface area contributed by atoms with Gasteiger partial charge in [-0.1, -0.05) is 0 Å². The topological polar surface area (TPSA) is 77.9 Å². The van der Waals surface area contributed by atoms with E-state index in [0.717, 1.165) is 22.6 Å². The van der Waals surface area contributed by atoms with Crippen LogP contribution >= 0.6 is 0 Å². The van der Waals surface area contributed by atoms with Crippen molar-refractivity contribution in [1.82, 2.24) is 10.6 Å². The summed E-state index contributed by atoms with van der Waals surface area (Å²) in [6.07, 6.45) is 2.97. The van der Waals surface area contributed by atoms with E-state index >= 15 is 0 Å². The first-order valence-corrected chi connectivity index (χ1v) is 6.53. The van der Waals surface area contributed by atoms with Crippen LogP contribution in [-0.2, 0) is 13.1 Å². The molecule has 0 bridgehead atoms. The smallest absolute Gasteiger partial charge is 0.206 e. The van der Waals surface area contributed by atoms with Gasteiger partial charge in [0, 0.05) is 37.4 Å². The second-order valence-electron chi connectivity index (χ2n) is 4.39. The predicted octanol–water partition coefficient (Wildman–Crippen LogP) is -0.167. The third-order valence-electron chi connectivity index (χ3n) is 2.90. The molecule has 20 heavy (non-hydrogen) atoms. The van der Waals surface area contributed by atoms with Gasteiger partial charge in [0.15, 0.2) is 12.4 Å². The van der Waals surface area contributed by atoms with Crippen LogP contribution in [0.1, 0.15) is 11.4 Å². The average Bonchev–Trinajstić information content (AvgIpc) is 2.46. The van der Waals surface area contributed by atoms with Crippen LogP contribution in [0.4, 0.5) is 0 Å². The molecule has 0 unspecified atom stereocenters. The minimum atomic E-state index is 0.527. The molecule has 106 valence electrons. The lowest BCUT2D eigenvalue weighted by Crippen LogP contribution is -2.37. The summed E-state index contributed by atoms with van der Waals surface area (Å²) >= 11 is 0. The maximum absolute atomic E-state index is 11.4. The van der Waals surface area contributed by atoms with Gasteiger partial charge in [0.1, 0.15) is 0 Å². The summed E-state index contributed by atoms with van der Waals surface area (Å²) in [7, 11) is 0. The lowest BCUT2D eigenvalue weighted by Gasteiger charge is -2.07. The van der Waals surface area contributed by atoms with Crippen molar-refractivity contribution in [2.75, 3.05) is 13.1 Å². The Morgan fingerprint density at radius 2 is 1.20 bits per heavy atom. The summed E-state index contributed by atoms with van der Waals surface area (Å²) in [5, 5.41) is 29.1. The Labute approximate surface area is 117 Å². The summed E-state index contributed by atoms with van der Waals surface area (Å²) < 4.78 is 1.70. The molecule has 2 rings (SSSR count). The van der Waals surface area contributed by atoms with Gasteiger partial charge in [-0.25, -0.2) is 0 Å². The lowest BCUT2D eigenvalue weighted by molar-refractivity contribution is -0.614. The van der Waals surface area contributed by atoms with E-state index in [-0.39, 0.29) is 0 Å². The highest BCUT2D eigenvalue weighted by Gasteiger charge is 2.03. The average molecular weight is 274 g/mol. The van der Waals surface area contributed by atoms with Crippen molar-refractivity contribution < 1.29 is 9.46 Å². The van der Waals surface area contributed by atoms with Crippen LogP contribution < -0.4 is 20.1 Å². The number of rotatable bonds is 7. The van der Waals surface area contributed by atoms with E-state index < -0.39 is 0 Å². The molecule has 2 aromatic heterocycles. The maximum Gasteiger partial charge on any atom is 0.206 e. The van der Waals surface area contributed by atoms with E-state index in [1.165, 1.54) is 12.4 Å². The summed E-state index contributed by atoms with van der Waals surface area (Å²) in [6.45, 7) is 2.50. The Hall–Kier alpha value is -2.18. The summed E-state index contributed by atoms with van der Waals surface area (Å²) in [5.41, 5.74) is 1.38. The highest BCUT2D eigenvalue weighted by atomic mass is 16.5. The first-order valence-electron chi connectivity index (χ1n) is 6.53. The van der Waals surface area contributed by atoms with Crippen molar-refractivity contribution in [3.8, 4) is 0 Å². The molecule has 6 nitrogen and oxygen atoms in total. The molecular formula is C14H18N4O2. The molecule has 0 spiro atoms. The van der Waals surface area contributed by atoms with Crippen molar-refractivity contribution in [1.29, 1.82) is 0 Å². The first-order chi connectivity index (χ1) is 9.77. The van der Waals surface area contributed by atoms with Crippen LogP contribution in [0.15, 0.2) is 48.8 Å². The molecule has 0 saturated carbocycles. The van der Waals surface area contributed by atoms with E-state index in [1.807, 2.05) is 12.1 Å². The molecule has 0 aliphatic heterocycles. The van der Waals surface area contributed by atoms with Gasteiger partial charge in [-0.3, -0.25) is 0 Å². The van der Waals surface area contributed by atoms with Crippen LogP contribution in [0.3, 0.4) is 0 Å². The molecule has 0 saturated heterocycles. The number of hydrogen-bond donors (Lipinski definition) is 2. The van der Waals surface area contributed by atoms with Crippen molar-refractivity contribution in [2.24, 2.45) is 0 Å². The van der Waals surface area contributed by atoms with E-state index in [4.69, 9.17) is 0 Å². The molecule has 0 aliphatic rings. The first kappa shape index (κ1) is 14.2. The molecule has 0 aliphatic carbocycles. The van der Waals surface area contributed by atoms with Gasteiger partial charge < -0.3 is 21.0 Å². The number of hydrogen-bond acceptors (Lipinski definition) is 4. The fourth-order valence-electron chi connectivity index (χ4n) is 1.81. The molecule has 2 aromatic rings. The van der Waals surface area contributed by atoms with Crippen molar-refractivity contribution in [2.45, 2.75) is 13.1 Å². The predicted molar refractivity (Wildman–Crippen MR) is 74.2 cm³/mol. The Balaban J connectivity index is 1.63. The largest absolute Gasteiger partial charge is 0.618 e. The van der Waals surface area contributed by atoms with Gasteiger partial charge in [0.05, 0.1) is 13.1 Å². The van der Waals surface area contributed by atoms with E-state index in [2.05, 4.69) is 10.6 Å². The molecular weight excluding hydrogens is 256 g/mol. The molecule has 2 N–H and O–H groups in total. The molecule has 2 heterocycles.